The first kappa shape index (κ1) is 9.23. The van der Waals surface area contributed by atoms with Crippen LogP contribution in [-0.4, -0.2) is 28.0 Å². The first-order valence-electron chi connectivity index (χ1n) is 4.58. The highest BCUT2D eigenvalue weighted by molar-refractivity contribution is 5.27. The molecule has 2 rings (SSSR count). The Kier molecular flexibility index (Phi) is 2.51. The first-order valence-corrected chi connectivity index (χ1v) is 4.58. The molecule has 1 fully saturated rings. The van der Waals surface area contributed by atoms with Crippen LogP contribution in [0.15, 0.2) is 0 Å². The standard InChI is InChI=1S/C8H10F2N4/c9-6-11-7(10)13-8(12-6)14-4-2-1-3-5-14/h1-5H2. The summed E-state index contributed by atoms with van der Waals surface area (Å²) in [5.74, 6) is 0.106. The molecule has 0 aromatic carbocycles. The number of halogens is 2. The van der Waals surface area contributed by atoms with E-state index in [2.05, 4.69) is 15.0 Å². The molecule has 0 aliphatic carbocycles. The van der Waals surface area contributed by atoms with E-state index in [-0.39, 0.29) is 5.95 Å². The number of nitrogens with zero attached hydrogens (tertiary/aromatic N) is 4. The average Bonchev–Trinajstić information content (AvgIpc) is 2.18. The third kappa shape index (κ3) is 1.94. The van der Waals surface area contributed by atoms with Gasteiger partial charge in [-0.05, 0) is 19.3 Å². The van der Waals surface area contributed by atoms with Crippen molar-refractivity contribution in [1.82, 2.24) is 15.0 Å². The molecule has 0 saturated carbocycles. The molecule has 1 aliphatic rings. The molecule has 14 heavy (non-hydrogen) atoms. The second kappa shape index (κ2) is 3.81. The number of hydrogen-bond acceptors (Lipinski definition) is 4. The summed E-state index contributed by atoms with van der Waals surface area (Å²) in [5, 5.41) is 0. The van der Waals surface area contributed by atoms with Gasteiger partial charge in [-0.25, -0.2) is 0 Å². The van der Waals surface area contributed by atoms with Gasteiger partial charge in [0.1, 0.15) is 0 Å². The van der Waals surface area contributed by atoms with Crippen LogP contribution in [0.1, 0.15) is 19.3 Å². The van der Waals surface area contributed by atoms with Gasteiger partial charge in [-0.3, -0.25) is 0 Å². The minimum Gasteiger partial charge on any atom is -0.341 e. The Morgan fingerprint density at radius 1 is 0.857 bits per heavy atom. The van der Waals surface area contributed by atoms with Crippen molar-refractivity contribution in [3.63, 3.8) is 0 Å². The molecule has 2 heterocycles. The number of piperidine rings is 1. The van der Waals surface area contributed by atoms with Crippen molar-refractivity contribution in [2.45, 2.75) is 19.3 Å². The molecule has 0 unspecified atom stereocenters. The highest BCUT2D eigenvalue weighted by Gasteiger charge is 2.15. The normalized spacial score (nSPS) is 17.1. The SMILES string of the molecule is Fc1nc(F)nc(N2CCCCC2)n1. The second-order valence-electron chi connectivity index (χ2n) is 3.22. The van der Waals surface area contributed by atoms with E-state index in [1.807, 2.05) is 0 Å². The summed E-state index contributed by atoms with van der Waals surface area (Å²) < 4.78 is 25.3. The monoisotopic (exact) mass is 200 g/mol. The molecule has 76 valence electrons. The molecule has 0 amide bonds. The van der Waals surface area contributed by atoms with Gasteiger partial charge in [0.2, 0.25) is 5.95 Å². The van der Waals surface area contributed by atoms with E-state index in [1.54, 1.807) is 4.90 Å². The highest BCUT2D eigenvalue weighted by atomic mass is 19.1. The third-order valence-corrected chi connectivity index (χ3v) is 2.21. The number of hydrogen-bond donors (Lipinski definition) is 0. The molecular formula is C8H10F2N4. The fourth-order valence-electron chi connectivity index (χ4n) is 1.55. The largest absolute Gasteiger partial charge is 0.341 e. The minimum atomic E-state index is -1.06. The molecule has 0 bridgehead atoms. The minimum absolute atomic E-state index is 0.106. The summed E-state index contributed by atoms with van der Waals surface area (Å²) in [7, 11) is 0. The van der Waals surface area contributed by atoms with Gasteiger partial charge >= 0.3 is 12.2 Å². The van der Waals surface area contributed by atoms with E-state index in [1.165, 1.54) is 0 Å². The molecule has 0 atom stereocenters. The van der Waals surface area contributed by atoms with Crippen LogP contribution in [0.5, 0.6) is 0 Å². The fraction of sp³-hybridized carbons (Fsp3) is 0.625. The van der Waals surface area contributed by atoms with E-state index >= 15 is 0 Å². The van der Waals surface area contributed by atoms with Gasteiger partial charge in [-0.2, -0.15) is 23.7 Å². The van der Waals surface area contributed by atoms with Crippen molar-refractivity contribution >= 4 is 5.95 Å². The molecule has 1 aromatic rings. The molecule has 1 aliphatic heterocycles. The van der Waals surface area contributed by atoms with Crippen molar-refractivity contribution in [2.75, 3.05) is 18.0 Å². The van der Waals surface area contributed by atoms with Crippen LogP contribution in [0.25, 0.3) is 0 Å². The van der Waals surface area contributed by atoms with Gasteiger partial charge in [0.25, 0.3) is 0 Å². The van der Waals surface area contributed by atoms with Crippen LogP contribution in [0.3, 0.4) is 0 Å². The lowest BCUT2D eigenvalue weighted by Crippen LogP contribution is -2.31. The summed E-state index contributed by atoms with van der Waals surface area (Å²) in [6.45, 7) is 1.51. The van der Waals surface area contributed by atoms with Crippen LogP contribution in [0, 0.1) is 12.2 Å². The second-order valence-corrected chi connectivity index (χ2v) is 3.22. The fourth-order valence-corrected chi connectivity index (χ4v) is 1.55. The maximum Gasteiger partial charge on any atom is 0.315 e. The zero-order valence-electron chi connectivity index (χ0n) is 7.58. The topological polar surface area (TPSA) is 41.9 Å². The van der Waals surface area contributed by atoms with Crippen LogP contribution in [-0.2, 0) is 0 Å². The maximum absolute atomic E-state index is 12.7. The van der Waals surface area contributed by atoms with E-state index in [0.717, 1.165) is 32.4 Å². The Morgan fingerprint density at radius 2 is 1.43 bits per heavy atom. The Balaban J connectivity index is 2.21. The van der Waals surface area contributed by atoms with E-state index in [4.69, 9.17) is 0 Å². The summed E-state index contributed by atoms with van der Waals surface area (Å²) >= 11 is 0. The third-order valence-electron chi connectivity index (χ3n) is 2.21. The maximum atomic E-state index is 12.7. The molecule has 4 nitrogen and oxygen atoms in total. The van der Waals surface area contributed by atoms with Gasteiger partial charge in [0.15, 0.2) is 0 Å². The Morgan fingerprint density at radius 3 is 2.00 bits per heavy atom. The van der Waals surface area contributed by atoms with Crippen molar-refractivity contribution in [2.24, 2.45) is 0 Å². The van der Waals surface area contributed by atoms with Gasteiger partial charge in [-0.15, -0.1) is 0 Å². The molecule has 6 heteroatoms. The van der Waals surface area contributed by atoms with Crippen molar-refractivity contribution in [3.8, 4) is 0 Å². The van der Waals surface area contributed by atoms with Crippen molar-refractivity contribution < 1.29 is 8.78 Å². The van der Waals surface area contributed by atoms with Gasteiger partial charge in [-0.1, -0.05) is 0 Å². The summed E-state index contributed by atoms with van der Waals surface area (Å²) in [4.78, 5) is 11.5. The van der Waals surface area contributed by atoms with Crippen molar-refractivity contribution in [1.29, 1.82) is 0 Å². The number of rotatable bonds is 1. The lowest BCUT2D eigenvalue weighted by molar-refractivity contribution is 0.448. The van der Waals surface area contributed by atoms with E-state index in [9.17, 15) is 8.78 Å². The van der Waals surface area contributed by atoms with E-state index < -0.39 is 12.2 Å². The summed E-state index contributed by atoms with van der Waals surface area (Å²) in [6.07, 6.45) is 1.05. The first-order chi connectivity index (χ1) is 6.75. The summed E-state index contributed by atoms with van der Waals surface area (Å²) in [5.41, 5.74) is 0. The highest BCUT2D eigenvalue weighted by Crippen LogP contribution is 2.14. The van der Waals surface area contributed by atoms with Gasteiger partial charge in [0.05, 0.1) is 0 Å². The lowest BCUT2D eigenvalue weighted by atomic mass is 10.1. The van der Waals surface area contributed by atoms with Gasteiger partial charge in [0, 0.05) is 13.1 Å². The zero-order valence-corrected chi connectivity index (χ0v) is 7.58. The quantitative estimate of drug-likeness (QED) is 0.681. The average molecular weight is 200 g/mol. The molecular weight excluding hydrogens is 190 g/mol. The van der Waals surface area contributed by atoms with Crippen molar-refractivity contribution in [3.05, 3.63) is 12.2 Å². The Hall–Kier alpha value is -1.33. The predicted octanol–water partition coefficient (Wildman–Crippen LogP) is 1.14. The van der Waals surface area contributed by atoms with E-state index in [0.29, 0.717) is 0 Å². The molecule has 1 saturated heterocycles. The van der Waals surface area contributed by atoms with Crippen LogP contribution in [0.4, 0.5) is 14.7 Å². The Labute approximate surface area is 80.0 Å². The molecule has 0 radical (unpaired) electrons. The molecule has 0 N–H and O–H groups in total. The smallest absolute Gasteiger partial charge is 0.315 e. The predicted molar refractivity (Wildman–Crippen MR) is 45.8 cm³/mol. The molecule has 0 spiro atoms. The van der Waals surface area contributed by atoms with Gasteiger partial charge < -0.3 is 4.90 Å². The zero-order chi connectivity index (χ0) is 9.97. The number of anilines is 1. The Bertz CT molecular complexity index is 305. The van der Waals surface area contributed by atoms with Crippen LogP contribution < -0.4 is 4.90 Å². The number of aromatic nitrogens is 3. The lowest BCUT2D eigenvalue weighted by Gasteiger charge is -2.26. The van der Waals surface area contributed by atoms with Crippen LogP contribution in [0.2, 0.25) is 0 Å². The van der Waals surface area contributed by atoms with Crippen LogP contribution >= 0.6 is 0 Å². The summed E-state index contributed by atoms with van der Waals surface area (Å²) in [6, 6.07) is 0. The molecule has 1 aromatic heterocycles.